The number of hydrogen-bond donors (Lipinski definition) is 2. The summed E-state index contributed by atoms with van der Waals surface area (Å²) >= 11 is 0. The van der Waals surface area contributed by atoms with Crippen LogP contribution in [0.2, 0.25) is 0 Å². The Morgan fingerprint density at radius 1 is 1.40 bits per heavy atom. The van der Waals surface area contributed by atoms with E-state index in [1.807, 2.05) is 55.2 Å². The zero-order chi connectivity index (χ0) is 17.6. The predicted molar refractivity (Wildman–Crippen MR) is 96.9 cm³/mol. The lowest BCUT2D eigenvalue weighted by Gasteiger charge is -2.16. The van der Waals surface area contributed by atoms with E-state index in [0.29, 0.717) is 24.6 Å². The lowest BCUT2D eigenvalue weighted by molar-refractivity contribution is 0.0682. The van der Waals surface area contributed by atoms with Crippen LogP contribution < -0.4 is 15.4 Å². The number of aromatic nitrogens is 1. The van der Waals surface area contributed by atoms with Crippen LogP contribution in [0.1, 0.15) is 24.0 Å². The van der Waals surface area contributed by atoms with Crippen molar-refractivity contribution in [2.75, 3.05) is 18.5 Å². The van der Waals surface area contributed by atoms with Crippen molar-refractivity contribution in [2.24, 2.45) is 7.05 Å². The first kappa shape index (κ1) is 17.4. The summed E-state index contributed by atoms with van der Waals surface area (Å²) in [4.78, 5) is 12.2. The largest absolute Gasteiger partial charge is 0.489 e. The summed E-state index contributed by atoms with van der Waals surface area (Å²) in [7, 11) is 1.95. The van der Waals surface area contributed by atoms with Crippen LogP contribution in [0, 0.1) is 6.92 Å². The van der Waals surface area contributed by atoms with Crippen molar-refractivity contribution in [3.05, 3.63) is 47.8 Å². The molecule has 1 aliphatic heterocycles. The first-order valence-corrected chi connectivity index (χ1v) is 8.61. The second-order valence-electron chi connectivity index (χ2n) is 6.44. The number of hydrogen-bond acceptors (Lipinski definition) is 3. The van der Waals surface area contributed by atoms with Crippen LogP contribution >= 0.6 is 0 Å². The molecule has 134 valence electrons. The van der Waals surface area contributed by atoms with Crippen molar-refractivity contribution in [3.63, 3.8) is 0 Å². The van der Waals surface area contributed by atoms with Gasteiger partial charge in [-0.1, -0.05) is 6.07 Å². The summed E-state index contributed by atoms with van der Waals surface area (Å²) in [5, 5.41) is 5.72. The molecule has 25 heavy (non-hydrogen) atoms. The average molecular weight is 343 g/mol. The molecule has 3 rings (SSSR count). The van der Waals surface area contributed by atoms with Gasteiger partial charge in [0.25, 0.3) is 0 Å². The Kier molecular flexibility index (Phi) is 5.60. The topological polar surface area (TPSA) is 64.5 Å². The van der Waals surface area contributed by atoms with E-state index >= 15 is 0 Å². The van der Waals surface area contributed by atoms with Gasteiger partial charge >= 0.3 is 6.03 Å². The summed E-state index contributed by atoms with van der Waals surface area (Å²) in [6, 6.07) is 7.47. The van der Waals surface area contributed by atoms with Crippen LogP contribution in [0.3, 0.4) is 0 Å². The average Bonchev–Trinajstić information content (AvgIpc) is 3.24. The summed E-state index contributed by atoms with van der Waals surface area (Å²) in [6.45, 7) is 3.78. The highest BCUT2D eigenvalue weighted by Gasteiger charge is 2.17. The Labute approximate surface area is 148 Å². The van der Waals surface area contributed by atoms with Gasteiger partial charge < -0.3 is 24.7 Å². The minimum atomic E-state index is -0.255. The fourth-order valence-corrected chi connectivity index (χ4v) is 2.83. The second-order valence-corrected chi connectivity index (χ2v) is 6.44. The van der Waals surface area contributed by atoms with Gasteiger partial charge in [0, 0.05) is 32.6 Å². The Hall–Kier alpha value is -2.47. The van der Waals surface area contributed by atoms with Crippen LogP contribution in [-0.4, -0.2) is 29.9 Å². The SMILES string of the molecule is Cc1ccc(NC(=O)NCc2ccn(C)c2)c(OC[C@@H]2CCCO2)c1. The van der Waals surface area contributed by atoms with E-state index in [-0.39, 0.29) is 12.1 Å². The molecule has 0 saturated carbocycles. The predicted octanol–water partition coefficient (Wildman–Crippen LogP) is 3.21. The van der Waals surface area contributed by atoms with Gasteiger partial charge in [0.1, 0.15) is 12.4 Å². The number of anilines is 1. The van der Waals surface area contributed by atoms with Crippen LogP contribution in [0.5, 0.6) is 5.75 Å². The Balaban J connectivity index is 1.57. The molecule has 0 radical (unpaired) electrons. The quantitative estimate of drug-likeness (QED) is 0.846. The third-order valence-corrected chi connectivity index (χ3v) is 4.18. The number of urea groups is 1. The molecule has 6 nitrogen and oxygen atoms in total. The zero-order valence-corrected chi connectivity index (χ0v) is 14.7. The number of aryl methyl sites for hydroxylation is 2. The number of amides is 2. The van der Waals surface area contributed by atoms with Gasteiger partial charge in [0.2, 0.25) is 0 Å². The molecular weight excluding hydrogens is 318 g/mol. The Morgan fingerprint density at radius 2 is 2.28 bits per heavy atom. The van der Waals surface area contributed by atoms with Gasteiger partial charge in [-0.05, 0) is 49.1 Å². The molecule has 6 heteroatoms. The lowest BCUT2D eigenvalue weighted by atomic mass is 10.2. The van der Waals surface area contributed by atoms with E-state index in [2.05, 4.69) is 10.6 Å². The number of nitrogens with zero attached hydrogens (tertiary/aromatic N) is 1. The van der Waals surface area contributed by atoms with Gasteiger partial charge in [-0.3, -0.25) is 0 Å². The van der Waals surface area contributed by atoms with Crippen LogP contribution in [0.15, 0.2) is 36.7 Å². The highest BCUT2D eigenvalue weighted by atomic mass is 16.5. The van der Waals surface area contributed by atoms with E-state index in [0.717, 1.165) is 30.6 Å². The second kappa shape index (κ2) is 8.07. The molecule has 1 atom stereocenters. The van der Waals surface area contributed by atoms with Gasteiger partial charge in [-0.2, -0.15) is 0 Å². The van der Waals surface area contributed by atoms with Gasteiger partial charge in [0.15, 0.2) is 0 Å². The van der Waals surface area contributed by atoms with Crippen LogP contribution in [0.25, 0.3) is 0 Å². The van der Waals surface area contributed by atoms with E-state index in [1.165, 1.54) is 0 Å². The first-order chi connectivity index (χ1) is 12.1. The zero-order valence-electron chi connectivity index (χ0n) is 14.7. The molecule has 2 N–H and O–H groups in total. The molecule has 1 aliphatic rings. The number of carbonyl (C=O) groups excluding carboxylic acids is 1. The number of benzene rings is 1. The molecule has 0 aliphatic carbocycles. The molecule has 2 heterocycles. The standard InChI is InChI=1S/C19H25N3O3/c1-14-5-6-17(18(10-14)25-13-16-4-3-9-24-16)21-19(23)20-11-15-7-8-22(2)12-15/h5-8,10,12,16H,3-4,9,11,13H2,1-2H3,(H2,20,21,23)/t16-/m0/s1. The summed E-state index contributed by atoms with van der Waals surface area (Å²) < 4.78 is 13.4. The molecule has 0 bridgehead atoms. The highest BCUT2D eigenvalue weighted by Crippen LogP contribution is 2.26. The number of ether oxygens (including phenoxy) is 2. The summed E-state index contributed by atoms with van der Waals surface area (Å²) in [6.07, 6.45) is 6.16. The van der Waals surface area contributed by atoms with Crippen molar-refractivity contribution in [1.82, 2.24) is 9.88 Å². The number of nitrogens with one attached hydrogen (secondary N) is 2. The molecule has 2 amide bonds. The van der Waals surface area contributed by atoms with Crippen molar-refractivity contribution in [3.8, 4) is 5.75 Å². The molecule has 1 fully saturated rings. The minimum absolute atomic E-state index is 0.139. The minimum Gasteiger partial charge on any atom is -0.489 e. The Bertz CT molecular complexity index is 720. The molecule has 2 aromatic rings. The fraction of sp³-hybridized carbons (Fsp3) is 0.421. The molecule has 0 unspecified atom stereocenters. The van der Waals surface area contributed by atoms with E-state index in [9.17, 15) is 4.79 Å². The monoisotopic (exact) mass is 343 g/mol. The third kappa shape index (κ3) is 5.00. The van der Waals surface area contributed by atoms with E-state index in [4.69, 9.17) is 9.47 Å². The van der Waals surface area contributed by atoms with E-state index in [1.54, 1.807) is 0 Å². The van der Waals surface area contributed by atoms with Crippen molar-refractivity contribution in [1.29, 1.82) is 0 Å². The van der Waals surface area contributed by atoms with Gasteiger partial charge in [-0.15, -0.1) is 0 Å². The Morgan fingerprint density at radius 3 is 3.00 bits per heavy atom. The molecular formula is C19H25N3O3. The fourth-order valence-electron chi connectivity index (χ4n) is 2.83. The van der Waals surface area contributed by atoms with Gasteiger partial charge in [-0.25, -0.2) is 4.79 Å². The maximum atomic E-state index is 12.2. The maximum Gasteiger partial charge on any atom is 0.319 e. The number of carbonyl (C=O) groups is 1. The van der Waals surface area contributed by atoms with Crippen molar-refractivity contribution in [2.45, 2.75) is 32.4 Å². The lowest BCUT2D eigenvalue weighted by Crippen LogP contribution is -2.28. The normalized spacial score (nSPS) is 16.6. The first-order valence-electron chi connectivity index (χ1n) is 8.61. The maximum absolute atomic E-state index is 12.2. The summed E-state index contributed by atoms with van der Waals surface area (Å²) in [5.74, 6) is 0.672. The van der Waals surface area contributed by atoms with Crippen LogP contribution in [-0.2, 0) is 18.3 Å². The molecule has 1 aromatic carbocycles. The highest BCUT2D eigenvalue weighted by molar-refractivity contribution is 5.90. The van der Waals surface area contributed by atoms with Gasteiger partial charge in [0.05, 0.1) is 11.8 Å². The van der Waals surface area contributed by atoms with Crippen molar-refractivity contribution < 1.29 is 14.3 Å². The number of rotatable bonds is 6. The van der Waals surface area contributed by atoms with E-state index < -0.39 is 0 Å². The molecule has 1 saturated heterocycles. The van der Waals surface area contributed by atoms with Crippen molar-refractivity contribution >= 4 is 11.7 Å². The molecule has 1 aromatic heterocycles. The third-order valence-electron chi connectivity index (χ3n) is 4.18. The van der Waals surface area contributed by atoms with Crippen LogP contribution in [0.4, 0.5) is 10.5 Å². The molecule has 0 spiro atoms. The smallest absolute Gasteiger partial charge is 0.319 e. The summed E-state index contributed by atoms with van der Waals surface area (Å²) in [5.41, 5.74) is 2.79.